The number of hydrogen-bond acceptors (Lipinski definition) is 7. The Morgan fingerprint density at radius 1 is 0.889 bits per heavy atom. The minimum absolute atomic E-state index is 0.0352. The van der Waals surface area contributed by atoms with Gasteiger partial charge in [-0.05, 0) is 47.0 Å². The average Bonchev–Trinajstić information content (AvgIpc) is 2.62. The molecule has 162 valence electrons. The van der Waals surface area contributed by atoms with Crippen LogP contribution in [0.25, 0.3) is 0 Å². The molecule has 0 aromatic carbocycles. The van der Waals surface area contributed by atoms with Crippen LogP contribution < -0.4 is 21.7 Å². The SMILES string of the molecule is CC(C)(CCC(C)(C)NCCOCCCNC(=O)CO)NCCOCCN. The second-order valence-corrected chi connectivity index (χ2v) is 8.00. The van der Waals surface area contributed by atoms with Gasteiger partial charge in [0.25, 0.3) is 0 Å². The van der Waals surface area contributed by atoms with Crippen molar-refractivity contribution in [2.45, 2.75) is 58.0 Å². The van der Waals surface area contributed by atoms with Gasteiger partial charge in [0.2, 0.25) is 5.91 Å². The highest BCUT2D eigenvalue weighted by atomic mass is 16.5. The largest absolute Gasteiger partial charge is 0.387 e. The van der Waals surface area contributed by atoms with Gasteiger partial charge < -0.3 is 36.3 Å². The molecule has 0 unspecified atom stereocenters. The lowest BCUT2D eigenvalue weighted by molar-refractivity contribution is -0.123. The first-order valence-electron chi connectivity index (χ1n) is 9.95. The zero-order valence-electron chi connectivity index (χ0n) is 17.7. The Kier molecular flexibility index (Phi) is 14.8. The Labute approximate surface area is 164 Å². The maximum absolute atomic E-state index is 10.9. The van der Waals surface area contributed by atoms with Crippen molar-refractivity contribution in [3.05, 3.63) is 0 Å². The Balaban J connectivity index is 3.73. The fourth-order valence-electron chi connectivity index (χ4n) is 2.47. The second kappa shape index (κ2) is 15.2. The summed E-state index contributed by atoms with van der Waals surface area (Å²) in [4.78, 5) is 10.9. The summed E-state index contributed by atoms with van der Waals surface area (Å²) in [5, 5.41) is 18.3. The molecule has 0 bridgehead atoms. The molecule has 0 aromatic rings. The smallest absolute Gasteiger partial charge is 0.245 e. The van der Waals surface area contributed by atoms with Gasteiger partial charge in [-0.3, -0.25) is 4.79 Å². The number of carbonyl (C=O) groups is 1. The molecule has 6 N–H and O–H groups in total. The van der Waals surface area contributed by atoms with Crippen LogP contribution in [0.1, 0.15) is 47.0 Å². The summed E-state index contributed by atoms with van der Waals surface area (Å²) in [7, 11) is 0. The van der Waals surface area contributed by atoms with Crippen molar-refractivity contribution < 1.29 is 19.4 Å². The van der Waals surface area contributed by atoms with Crippen molar-refractivity contribution in [1.29, 1.82) is 0 Å². The molecule has 0 aliphatic rings. The van der Waals surface area contributed by atoms with Crippen LogP contribution in [0.2, 0.25) is 0 Å². The molecule has 27 heavy (non-hydrogen) atoms. The van der Waals surface area contributed by atoms with Crippen molar-refractivity contribution in [3.63, 3.8) is 0 Å². The van der Waals surface area contributed by atoms with E-state index in [1.165, 1.54) is 0 Å². The molecule has 0 aliphatic carbocycles. The lowest BCUT2D eigenvalue weighted by atomic mass is 9.89. The van der Waals surface area contributed by atoms with Gasteiger partial charge >= 0.3 is 0 Å². The lowest BCUT2D eigenvalue weighted by Crippen LogP contribution is -2.46. The molecule has 0 saturated heterocycles. The molecule has 0 fully saturated rings. The number of aliphatic hydroxyl groups is 1. The number of amides is 1. The minimum Gasteiger partial charge on any atom is -0.387 e. The topological polar surface area (TPSA) is 118 Å². The van der Waals surface area contributed by atoms with Crippen LogP contribution in [0, 0.1) is 0 Å². The van der Waals surface area contributed by atoms with E-state index in [-0.39, 0.29) is 17.0 Å². The van der Waals surface area contributed by atoms with Gasteiger partial charge in [0.05, 0.1) is 19.8 Å². The molecule has 0 atom stereocenters. The molecule has 0 aliphatic heterocycles. The van der Waals surface area contributed by atoms with Crippen LogP contribution in [0.3, 0.4) is 0 Å². The quantitative estimate of drug-likeness (QED) is 0.209. The summed E-state index contributed by atoms with van der Waals surface area (Å²) in [6.45, 7) is 13.6. The number of hydrogen-bond donors (Lipinski definition) is 5. The Morgan fingerprint density at radius 2 is 1.41 bits per heavy atom. The van der Waals surface area contributed by atoms with E-state index in [1.54, 1.807) is 0 Å². The predicted octanol–water partition coefficient (Wildman–Crippen LogP) is -0.00650. The first kappa shape index (κ1) is 26.2. The van der Waals surface area contributed by atoms with Gasteiger partial charge in [0.15, 0.2) is 0 Å². The molecule has 0 radical (unpaired) electrons. The number of ether oxygens (including phenoxy) is 2. The van der Waals surface area contributed by atoms with Crippen molar-refractivity contribution >= 4 is 5.91 Å². The van der Waals surface area contributed by atoms with E-state index < -0.39 is 6.61 Å². The summed E-state index contributed by atoms with van der Waals surface area (Å²) in [6, 6.07) is 0. The molecular formula is C19H42N4O4. The van der Waals surface area contributed by atoms with Crippen molar-refractivity contribution in [2.24, 2.45) is 5.73 Å². The van der Waals surface area contributed by atoms with E-state index in [2.05, 4.69) is 43.6 Å². The van der Waals surface area contributed by atoms with Gasteiger partial charge in [-0.15, -0.1) is 0 Å². The molecule has 0 aromatic heterocycles. The van der Waals surface area contributed by atoms with Gasteiger partial charge in [-0.25, -0.2) is 0 Å². The van der Waals surface area contributed by atoms with Gasteiger partial charge in [0, 0.05) is 43.9 Å². The van der Waals surface area contributed by atoms with Crippen LogP contribution in [0.15, 0.2) is 0 Å². The summed E-state index contributed by atoms with van der Waals surface area (Å²) in [5.41, 5.74) is 5.50. The fraction of sp³-hybridized carbons (Fsp3) is 0.947. The monoisotopic (exact) mass is 390 g/mol. The van der Waals surface area contributed by atoms with E-state index in [1.807, 2.05) is 0 Å². The van der Waals surface area contributed by atoms with Crippen LogP contribution in [-0.2, 0) is 14.3 Å². The summed E-state index contributed by atoms with van der Waals surface area (Å²) < 4.78 is 11.0. The minimum atomic E-state index is -0.464. The average molecular weight is 391 g/mol. The van der Waals surface area contributed by atoms with Gasteiger partial charge in [-0.1, -0.05) is 0 Å². The highest BCUT2D eigenvalue weighted by Gasteiger charge is 2.23. The fourth-order valence-corrected chi connectivity index (χ4v) is 2.47. The summed E-state index contributed by atoms with van der Waals surface area (Å²) in [6.07, 6.45) is 2.84. The third-order valence-corrected chi connectivity index (χ3v) is 4.27. The first-order chi connectivity index (χ1) is 12.7. The molecular weight excluding hydrogens is 348 g/mol. The number of nitrogens with two attached hydrogens (primary N) is 1. The van der Waals surface area contributed by atoms with E-state index in [0.29, 0.717) is 39.5 Å². The van der Waals surface area contributed by atoms with Crippen LogP contribution in [0.4, 0.5) is 0 Å². The maximum Gasteiger partial charge on any atom is 0.245 e. The number of aliphatic hydroxyl groups excluding tert-OH is 1. The molecule has 0 rings (SSSR count). The highest BCUT2D eigenvalue weighted by Crippen LogP contribution is 2.18. The second-order valence-electron chi connectivity index (χ2n) is 8.00. The van der Waals surface area contributed by atoms with E-state index in [9.17, 15) is 4.79 Å². The molecule has 1 amide bonds. The van der Waals surface area contributed by atoms with Crippen LogP contribution in [0.5, 0.6) is 0 Å². The number of carbonyl (C=O) groups excluding carboxylic acids is 1. The number of rotatable bonds is 18. The van der Waals surface area contributed by atoms with Gasteiger partial charge in [-0.2, -0.15) is 0 Å². The molecule has 8 heteroatoms. The third-order valence-electron chi connectivity index (χ3n) is 4.27. The zero-order chi connectivity index (χ0) is 20.6. The van der Waals surface area contributed by atoms with Crippen molar-refractivity contribution in [2.75, 3.05) is 59.2 Å². The van der Waals surface area contributed by atoms with E-state index in [4.69, 9.17) is 20.3 Å². The Morgan fingerprint density at radius 3 is 1.89 bits per heavy atom. The van der Waals surface area contributed by atoms with Gasteiger partial charge in [0.1, 0.15) is 6.61 Å². The molecule has 8 nitrogen and oxygen atoms in total. The number of nitrogens with one attached hydrogen (secondary N) is 3. The zero-order valence-corrected chi connectivity index (χ0v) is 17.7. The highest BCUT2D eigenvalue weighted by molar-refractivity contribution is 5.76. The standard InChI is InChI=1S/C19H42N4O4/c1-18(2,6-7-19(3,4)23-11-15-27-13-8-20)22-10-14-26-12-5-9-21-17(25)16-24/h22-24H,5-16,20H2,1-4H3,(H,21,25). The lowest BCUT2D eigenvalue weighted by Gasteiger charge is -2.33. The van der Waals surface area contributed by atoms with E-state index in [0.717, 1.165) is 32.4 Å². The first-order valence-corrected chi connectivity index (χ1v) is 9.95. The summed E-state index contributed by atoms with van der Waals surface area (Å²) in [5.74, 6) is -0.348. The third kappa shape index (κ3) is 17.1. The molecule has 0 heterocycles. The van der Waals surface area contributed by atoms with E-state index >= 15 is 0 Å². The Hall–Kier alpha value is -0.770. The molecule has 0 saturated carbocycles. The van der Waals surface area contributed by atoms with Crippen molar-refractivity contribution in [1.82, 2.24) is 16.0 Å². The summed E-state index contributed by atoms with van der Waals surface area (Å²) >= 11 is 0. The predicted molar refractivity (Wildman–Crippen MR) is 109 cm³/mol. The Bertz CT molecular complexity index is 379. The maximum atomic E-state index is 10.9. The van der Waals surface area contributed by atoms with Crippen molar-refractivity contribution in [3.8, 4) is 0 Å². The van der Waals surface area contributed by atoms with Crippen LogP contribution in [-0.4, -0.2) is 81.3 Å². The molecule has 0 spiro atoms. The van der Waals surface area contributed by atoms with Crippen LogP contribution >= 0.6 is 0 Å². The normalized spacial score (nSPS) is 12.4.